The Morgan fingerprint density at radius 2 is 1.87 bits per heavy atom. The Kier molecular flexibility index (Phi) is 4.78. The minimum Gasteiger partial charge on any atom is -0.454 e. The molecular formula is C18H21N2O3+. The number of carbonyl (C=O) groups is 1. The van der Waals surface area contributed by atoms with Gasteiger partial charge in [-0.2, -0.15) is 0 Å². The Labute approximate surface area is 135 Å². The average molecular weight is 313 g/mol. The third kappa shape index (κ3) is 4.23. The number of amides is 1. The van der Waals surface area contributed by atoms with Crippen LogP contribution < -0.4 is 19.7 Å². The van der Waals surface area contributed by atoms with Gasteiger partial charge < -0.3 is 19.7 Å². The number of hydrogen-bond donors (Lipinski definition) is 2. The Bertz CT molecular complexity index is 673. The molecule has 0 bridgehead atoms. The first-order chi connectivity index (χ1) is 11.2. The SMILES string of the molecule is C[NH+](CC(=O)NCc1ccc2c(c1)OCO2)Cc1ccccc1. The lowest BCUT2D eigenvalue weighted by atomic mass is 10.2. The molecular weight excluding hydrogens is 292 g/mol. The highest BCUT2D eigenvalue weighted by Crippen LogP contribution is 2.32. The van der Waals surface area contributed by atoms with Crippen LogP contribution in [0.1, 0.15) is 11.1 Å². The fourth-order valence-corrected chi connectivity index (χ4v) is 2.59. The number of hydrogen-bond acceptors (Lipinski definition) is 3. The molecule has 1 aliphatic heterocycles. The van der Waals surface area contributed by atoms with Crippen molar-refractivity contribution in [2.75, 3.05) is 20.4 Å². The summed E-state index contributed by atoms with van der Waals surface area (Å²) < 4.78 is 10.6. The predicted octanol–water partition coefficient (Wildman–Crippen LogP) is 0.746. The molecule has 120 valence electrons. The molecule has 1 unspecified atom stereocenters. The fourth-order valence-electron chi connectivity index (χ4n) is 2.59. The summed E-state index contributed by atoms with van der Waals surface area (Å²) in [6.07, 6.45) is 0. The maximum absolute atomic E-state index is 12.1. The minimum absolute atomic E-state index is 0.0381. The van der Waals surface area contributed by atoms with Gasteiger partial charge in [-0.15, -0.1) is 0 Å². The van der Waals surface area contributed by atoms with E-state index in [-0.39, 0.29) is 12.7 Å². The number of nitrogens with one attached hydrogen (secondary N) is 2. The van der Waals surface area contributed by atoms with Crippen LogP contribution in [-0.2, 0) is 17.9 Å². The van der Waals surface area contributed by atoms with Crippen LogP contribution in [0.15, 0.2) is 48.5 Å². The van der Waals surface area contributed by atoms with Crippen molar-refractivity contribution >= 4 is 5.91 Å². The van der Waals surface area contributed by atoms with Gasteiger partial charge in [-0.25, -0.2) is 0 Å². The molecule has 0 aromatic heterocycles. The minimum atomic E-state index is 0.0381. The summed E-state index contributed by atoms with van der Waals surface area (Å²) in [6.45, 7) is 2.03. The molecule has 0 radical (unpaired) electrons. The van der Waals surface area contributed by atoms with Crippen molar-refractivity contribution in [1.29, 1.82) is 0 Å². The highest BCUT2D eigenvalue weighted by atomic mass is 16.7. The van der Waals surface area contributed by atoms with E-state index in [1.165, 1.54) is 5.56 Å². The highest BCUT2D eigenvalue weighted by molar-refractivity contribution is 5.76. The van der Waals surface area contributed by atoms with E-state index in [0.717, 1.165) is 28.5 Å². The van der Waals surface area contributed by atoms with Gasteiger partial charge in [0.05, 0.1) is 7.05 Å². The van der Waals surface area contributed by atoms with E-state index in [9.17, 15) is 4.79 Å². The lowest BCUT2D eigenvalue weighted by Gasteiger charge is -2.14. The van der Waals surface area contributed by atoms with Crippen molar-refractivity contribution in [2.45, 2.75) is 13.1 Å². The van der Waals surface area contributed by atoms with Gasteiger partial charge in [0.1, 0.15) is 6.54 Å². The smallest absolute Gasteiger partial charge is 0.275 e. The van der Waals surface area contributed by atoms with Crippen LogP contribution in [-0.4, -0.2) is 26.3 Å². The highest BCUT2D eigenvalue weighted by Gasteiger charge is 2.14. The van der Waals surface area contributed by atoms with E-state index >= 15 is 0 Å². The van der Waals surface area contributed by atoms with Crippen LogP contribution in [0.25, 0.3) is 0 Å². The summed E-state index contributed by atoms with van der Waals surface area (Å²) in [5, 5.41) is 2.95. The molecule has 3 rings (SSSR count). The largest absolute Gasteiger partial charge is 0.454 e. The van der Waals surface area contributed by atoms with E-state index in [2.05, 4.69) is 17.4 Å². The molecule has 0 saturated carbocycles. The standard InChI is InChI=1S/C18H20N2O3/c1-20(11-14-5-3-2-4-6-14)12-18(21)19-10-15-7-8-16-17(9-15)23-13-22-16/h2-9H,10-13H2,1H3,(H,19,21)/p+1. The van der Waals surface area contributed by atoms with Crippen molar-refractivity contribution in [1.82, 2.24) is 5.32 Å². The van der Waals surface area contributed by atoms with Crippen molar-refractivity contribution in [3.8, 4) is 11.5 Å². The van der Waals surface area contributed by atoms with Gasteiger partial charge in [-0.3, -0.25) is 4.79 Å². The molecule has 0 spiro atoms. The number of ether oxygens (including phenoxy) is 2. The fraction of sp³-hybridized carbons (Fsp3) is 0.278. The van der Waals surface area contributed by atoms with Crippen molar-refractivity contribution in [3.05, 3.63) is 59.7 Å². The molecule has 2 aromatic rings. The second kappa shape index (κ2) is 7.15. The summed E-state index contributed by atoms with van der Waals surface area (Å²) in [6, 6.07) is 15.9. The molecule has 23 heavy (non-hydrogen) atoms. The summed E-state index contributed by atoms with van der Waals surface area (Å²) in [5.74, 6) is 1.53. The number of likely N-dealkylation sites (N-methyl/N-ethyl adjacent to an activating group) is 1. The van der Waals surface area contributed by atoms with Crippen molar-refractivity contribution in [3.63, 3.8) is 0 Å². The first-order valence-corrected chi connectivity index (χ1v) is 7.71. The zero-order valence-corrected chi connectivity index (χ0v) is 13.2. The zero-order chi connectivity index (χ0) is 16.1. The van der Waals surface area contributed by atoms with Crippen LogP contribution in [0, 0.1) is 0 Å². The summed E-state index contributed by atoms with van der Waals surface area (Å²) in [4.78, 5) is 13.2. The second-order valence-corrected chi connectivity index (χ2v) is 5.76. The monoisotopic (exact) mass is 313 g/mol. The third-order valence-electron chi connectivity index (χ3n) is 3.74. The molecule has 5 nitrogen and oxygen atoms in total. The maximum Gasteiger partial charge on any atom is 0.275 e. The van der Waals surface area contributed by atoms with Gasteiger partial charge in [-0.1, -0.05) is 36.4 Å². The maximum atomic E-state index is 12.1. The zero-order valence-electron chi connectivity index (χ0n) is 13.2. The molecule has 0 saturated heterocycles. The molecule has 2 aromatic carbocycles. The second-order valence-electron chi connectivity index (χ2n) is 5.76. The van der Waals surface area contributed by atoms with E-state index in [0.29, 0.717) is 13.1 Å². The van der Waals surface area contributed by atoms with Crippen LogP contribution >= 0.6 is 0 Å². The van der Waals surface area contributed by atoms with Gasteiger partial charge >= 0.3 is 0 Å². The Morgan fingerprint density at radius 3 is 2.70 bits per heavy atom. The van der Waals surface area contributed by atoms with E-state index in [1.54, 1.807) is 0 Å². The summed E-state index contributed by atoms with van der Waals surface area (Å²) in [7, 11) is 2.02. The van der Waals surface area contributed by atoms with Gasteiger partial charge in [0.2, 0.25) is 6.79 Å². The first kappa shape index (κ1) is 15.4. The van der Waals surface area contributed by atoms with Crippen LogP contribution in [0.5, 0.6) is 11.5 Å². The predicted molar refractivity (Wildman–Crippen MR) is 86.3 cm³/mol. The first-order valence-electron chi connectivity index (χ1n) is 7.71. The number of rotatable bonds is 6. The number of fused-ring (bicyclic) bond motifs is 1. The molecule has 2 N–H and O–H groups in total. The lowest BCUT2D eigenvalue weighted by molar-refractivity contribution is -0.885. The Morgan fingerprint density at radius 1 is 1.09 bits per heavy atom. The third-order valence-corrected chi connectivity index (χ3v) is 3.74. The quantitative estimate of drug-likeness (QED) is 0.827. The Balaban J connectivity index is 1.46. The molecule has 1 heterocycles. The van der Waals surface area contributed by atoms with Crippen molar-refractivity contribution in [2.24, 2.45) is 0 Å². The summed E-state index contributed by atoms with van der Waals surface area (Å²) in [5.41, 5.74) is 2.23. The van der Waals surface area contributed by atoms with Gasteiger partial charge in [0, 0.05) is 12.1 Å². The van der Waals surface area contributed by atoms with Crippen LogP contribution in [0.2, 0.25) is 0 Å². The molecule has 1 atom stereocenters. The molecule has 0 fully saturated rings. The Hall–Kier alpha value is -2.53. The molecule has 5 heteroatoms. The molecule has 1 aliphatic rings. The average Bonchev–Trinajstić information content (AvgIpc) is 3.01. The molecule has 1 amide bonds. The lowest BCUT2D eigenvalue weighted by Crippen LogP contribution is -3.08. The van der Waals surface area contributed by atoms with Crippen molar-refractivity contribution < 1.29 is 19.2 Å². The van der Waals surface area contributed by atoms with E-state index in [1.807, 2.05) is 43.4 Å². The van der Waals surface area contributed by atoms with Crippen LogP contribution in [0.4, 0.5) is 0 Å². The molecule has 0 aliphatic carbocycles. The summed E-state index contributed by atoms with van der Waals surface area (Å²) >= 11 is 0. The number of quaternary nitrogens is 1. The topological polar surface area (TPSA) is 52.0 Å². The van der Waals surface area contributed by atoms with Gasteiger partial charge in [0.15, 0.2) is 18.0 Å². The normalized spacial score (nSPS) is 13.6. The number of benzene rings is 2. The van der Waals surface area contributed by atoms with E-state index in [4.69, 9.17) is 9.47 Å². The van der Waals surface area contributed by atoms with Gasteiger partial charge in [-0.05, 0) is 17.7 Å². The van der Waals surface area contributed by atoms with Gasteiger partial charge in [0.25, 0.3) is 5.91 Å². The van der Waals surface area contributed by atoms with E-state index < -0.39 is 0 Å². The number of carbonyl (C=O) groups excluding carboxylic acids is 1. The van der Waals surface area contributed by atoms with Crippen LogP contribution in [0.3, 0.4) is 0 Å².